The van der Waals surface area contributed by atoms with Gasteiger partial charge in [-0.25, -0.2) is 0 Å². The Morgan fingerprint density at radius 2 is 2.35 bits per heavy atom. The first-order valence-corrected chi connectivity index (χ1v) is 5.59. The van der Waals surface area contributed by atoms with Gasteiger partial charge >= 0.3 is 0 Å². The molecule has 1 aliphatic heterocycles. The molecule has 0 aromatic heterocycles. The minimum absolute atomic E-state index is 0.0921. The maximum atomic E-state index is 12.1. The van der Waals surface area contributed by atoms with Gasteiger partial charge in [-0.1, -0.05) is 13.0 Å². The van der Waals surface area contributed by atoms with E-state index in [1.54, 1.807) is 23.1 Å². The molecule has 4 heteroatoms. The van der Waals surface area contributed by atoms with Gasteiger partial charge < -0.3 is 14.7 Å². The van der Waals surface area contributed by atoms with E-state index in [9.17, 15) is 9.90 Å². The van der Waals surface area contributed by atoms with E-state index in [1.807, 2.05) is 6.92 Å². The largest absolute Gasteiger partial charge is 0.508 e. The molecule has 0 aliphatic carbocycles. The molecule has 1 N–H and O–H groups in total. The number of rotatable bonds is 3. The fourth-order valence-corrected chi connectivity index (χ4v) is 1.89. The zero-order valence-electron chi connectivity index (χ0n) is 9.72. The minimum Gasteiger partial charge on any atom is -0.508 e. The molecule has 1 heterocycles. The van der Waals surface area contributed by atoms with Crippen LogP contribution >= 0.6 is 0 Å². The van der Waals surface area contributed by atoms with Gasteiger partial charge in [-0.15, -0.1) is 6.58 Å². The number of hydrogen-bond donors (Lipinski definition) is 1. The number of nitrogens with zero attached hydrogens (tertiary/aromatic N) is 1. The Bertz CT molecular complexity index is 456. The summed E-state index contributed by atoms with van der Waals surface area (Å²) in [7, 11) is 0. The van der Waals surface area contributed by atoms with Gasteiger partial charge in [0.15, 0.2) is 6.10 Å². The second-order valence-electron chi connectivity index (χ2n) is 3.90. The molecular weight excluding hydrogens is 218 g/mol. The number of phenols is 1. The van der Waals surface area contributed by atoms with Gasteiger partial charge in [-0.05, 0) is 18.6 Å². The summed E-state index contributed by atoms with van der Waals surface area (Å²) in [6, 6.07) is 4.76. The van der Waals surface area contributed by atoms with Gasteiger partial charge in [0.2, 0.25) is 0 Å². The third-order valence-corrected chi connectivity index (χ3v) is 2.73. The Morgan fingerprint density at radius 1 is 1.59 bits per heavy atom. The number of hydrogen-bond acceptors (Lipinski definition) is 3. The van der Waals surface area contributed by atoms with Crippen LogP contribution in [0.4, 0.5) is 5.69 Å². The van der Waals surface area contributed by atoms with Crippen molar-refractivity contribution in [2.75, 3.05) is 11.4 Å². The highest BCUT2D eigenvalue weighted by molar-refractivity contribution is 6.00. The van der Waals surface area contributed by atoms with Gasteiger partial charge in [0.05, 0.1) is 5.69 Å². The van der Waals surface area contributed by atoms with Crippen LogP contribution in [0.15, 0.2) is 30.9 Å². The fraction of sp³-hybridized carbons (Fsp3) is 0.308. The van der Waals surface area contributed by atoms with Crippen molar-refractivity contribution in [3.63, 3.8) is 0 Å². The Kier molecular flexibility index (Phi) is 3.04. The molecule has 4 nitrogen and oxygen atoms in total. The number of carbonyl (C=O) groups excluding carboxylic acids is 1. The maximum Gasteiger partial charge on any atom is 0.268 e. The molecular formula is C13H15NO3. The molecule has 1 atom stereocenters. The first-order chi connectivity index (χ1) is 8.17. The van der Waals surface area contributed by atoms with Crippen molar-refractivity contribution < 1.29 is 14.6 Å². The van der Waals surface area contributed by atoms with Gasteiger partial charge in [0, 0.05) is 12.6 Å². The number of phenolic OH excluding ortho intramolecular Hbond substituents is 1. The maximum absolute atomic E-state index is 12.1. The SMILES string of the molecule is C=CCN1C(=O)C(CC)Oc2ccc(O)cc21. The van der Waals surface area contributed by atoms with Crippen LogP contribution in [0.5, 0.6) is 11.5 Å². The average Bonchev–Trinajstić information content (AvgIpc) is 2.33. The highest BCUT2D eigenvalue weighted by Gasteiger charge is 2.32. The van der Waals surface area contributed by atoms with Gasteiger partial charge in [-0.2, -0.15) is 0 Å². The van der Waals surface area contributed by atoms with E-state index in [1.165, 1.54) is 6.07 Å². The van der Waals surface area contributed by atoms with Crippen molar-refractivity contribution in [2.45, 2.75) is 19.4 Å². The molecule has 1 aliphatic rings. The summed E-state index contributed by atoms with van der Waals surface area (Å²) in [6.45, 7) is 5.95. The molecule has 90 valence electrons. The van der Waals surface area contributed by atoms with Gasteiger partial charge in [-0.3, -0.25) is 4.79 Å². The normalized spacial score (nSPS) is 18.5. The van der Waals surface area contributed by atoms with Crippen LogP contribution in [-0.2, 0) is 4.79 Å². The standard InChI is InChI=1S/C13H15NO3/c1-3-7-14-10-8-9(15)5-6-12(10)17-11(4-2)13(14)16/h3,5-6,8,11,15H,1,4,7H2,2H3. The van der Waals surface area contributed by atoms with E-state index in [0.717, 1.165) is 0 Å². The molecule has 1 aromatic carbocycles. The Balaban J connectivity index is 2.46. The summed E-state index contributed by atoms with van der Waals surface area (Å²) in [5.41, 5.74) is 0.597. The van der Waals surface area contributed by atoms with E-state index in [0.29, 0.717) is 24.4 Å². The smallest absolute Gasteiger partial charge is 0.268 e. The van der Waals surface area contributed by atoms with Crippen LogP contribution in [0.3, 0.4) is 0 Å². The van der Waals surface area contributed by atoms with Gasteiger partial charge in [0.25, 0.3) is 5.91 Å². The van der Waals surface area contributed by atoms with Crippen LogP contribution in [0.2, 0.25) is 0 Å². The van der Waals surface area contributed by atoms with Crippen molar-refractivity contribution in [1.82, 2.24) is 0 Å². The molecule has 1 amide bonds. The topological polar surface area (TPSA) is 49.8 Å². The number of benzene rings is 1. The molecule has 1 unspecified atom stereocenters. The number of anilines is 1. The summed E-state index contributed by atoms with van der Waals surface area (Å²) in [5, 5.41) is 9.46. The summed E-state index contributed by atoms with van der Waals surface area (Å²) < 4.78 is 5.59. The van der Waals surface area contributed by atoms with E-state index < -0.39 is 6.10 Å². The first-order valence-electron chi connectivity index (χ1n) is 5.59. The lowest BCUT2D eigenvalue weighted by Gasteiger charge is -2.33. The monoisotopic (exact) mass is 233 g/mol. The average molecular weight is 233 g/mol. The van der Waals surface area contributed by atoms with Crippen molar-refractivity contribution in [2.24, 2.45) is 0 Å². The van der Waals surface area contributed by atoms with E-state index >= 15 is 0 Å². The van der Waals surface area contributed by atoms with E-state index in [-0.39, 0.29) is 11.7 Å². The van der Waals surface area contributed by atoms with Crippen LogP contribution in [0.25, 0.3) is 0 Å². The Morgan fingerprint density at radius 3 is 3.00 bits per heavy atom. The highest BCUT2D eigenvalue weighted by atomic mass is 16.5. The van der Waals surface area contributed by atoms with Crippen LogP contribution < -0.4 is 9.64 Å². The summed E-state index contributed by atoms with van der Waals surface area (Å²) in [6.07, 6.45) is 1.82. The second kappa shape index (κ2) is 4.49. The quantitative estimate of drug-likeness (QED) is 0.813. The molecule has 0 saturated heterocycles. The third-order valence-electron chi connectivity index (χ3n) is 2.73. The number of amides is 1. The zero-order chi connectivity index (χ0) is 12.4. The van der Waals surface area contributed by atoms with Crippen molar-refractivity contribution >= 4 is 11.6 Å². The number of fused-ring (bicyclic) bond motifs is 1. The summed E-state index contributed by atoms with van der Waals surface area (Å²) in [5.74, 6) is 0.644. The Hall–Kier alpha value is -1.97. The van der Waals surface area contributed by atoms with Crippen LogP contribution in [0, 0.1) is 0 Å². The molecule has 0 saturated carbocycles. The minimum atomic E-state index is -0.452. The molecule has 2 rings (SSSR count). The molecule has 0 bridgehead atoms. The highest BCUT2D eigenvalue weighted by Crippen LogP contribution is 2.37. The van der Waals surface area contributed by atoms with Crippen LogP contribution in [0.1, 0.15) is 13.3 Å². The second-order valence-corrected chi connectivity index (χ2v) is 3.90. The number of aromatic hydroxyl groups is 1. The predicted octanol–water partition coefficient (Wildman–Crippen LogP) is 2.08. The molecule has 0 fully saturated rings. The summed E-state index contributed by atoms with van der Waals surface area (Å²) in [4.78, 5) is 13.7. The molecule has 1 aromatic rings. The van der Waals surface area contributed by atoms with E-state index in [2.05, 4.69) is 6.58 Å². The van der Waals surface area contributed by atoms with Crippen LogP contribution in [-0.4, -0.2) is 23.7 Å². The lowest BCUT2D eigenvalue weighted by Crippen LogP contribution is -2.45. The summed E-state index contributed by atoms with van der Waals surface area (Å²) >= 11 is 0. The van der Waals surface area contributed by atoms with Crippen molar-refractivity contribution in [1.29, 1.82) is 0 Å². The van der Waals surface area contributed by atoms with E-state index in [4.69, 9.17) is 4.74 Å². The predicted molar refractivity (Wildman–Crippen MR) is 65.4 cm³/mol. The Labute approximate surface area is 100 Å². The first kappa shape index (κ1) is 11.5. The lowest BCUT2D eigenvalue weighted by atomic mass is 10.1. The van der Waals surface area contributed by atoms with Gasteiger partial charge in [0.1, 0.15) is 11.5 Å². The van der Waals surface area contributed by atoms with Crippen molar-refractivity contribution in [3.8, 4) is 11.5 Å². The zero-order valence-corrected chi connectivity index (χ0v) is 9.72. The number of carbonyl (C=O) groups is 1. The number of ether oxygens (including phenoxy) is 1. The fourth-order valence-electron chi connectivity index (χ4n) is 1.89. The molecule has 17 heavy (non-hydrogen) atoms. The third kappa shape index (κ3) is 1.98. The lowest BCUT2D eigenvalue weighted by molar-refractivity contribution is -0.126. The molecule has 0 spiro atoms. The molecule has 0 radical (unpaired) electrons. The van der Waals surface area contributed by atoms with Crippen molar-refractivity contribution in [3.05, 3.63) is 30.9 Å².